The lowest BCUT2D eigenvalue weighted by Crippen LogP contribution is -2.34. The zero-order valence-electron chi connectivity index (χ0n) is 12.9. The molecule has 4 nitrogen and oxygen atoms in total. The first-order chi connectivity index (χ1) is 9.01. The first kappa shape index (κ1) is 17.1. The van der Waals surface area contributed by atoms with Gasteiger partial charge in [-0.15, -0.1) is 0 Å². The molecule has 0 radical (unpaired) electrons. The number of aryl methyl sites for hydroxylation is 2. The summed E-state index contributed by atoms with van der Waals surface area (Å²) in [7, 11) is -3.57. The minimum absolute atomic E-state index is 0.0346. The average molecular weight is 299 g/mol. The Hall–Kier alpha value is -0.910. The van der Waals surface area contributed by atoms with Crippen molar-refractivity contribution in [2.24, 2.45) is 5.41 Å². The van der Waals surface area contributed by atoms with Crippen molar-refractivity contribution >= 4 is 10.0 Å². The van der Waals surface area contributed by atoms with Gasteiger partial charge in [-0.1, -0.05) is 38.5 Å². The fourth-order valence-electron chi connectivity index (χ4n) is 2.16. The van der Waals surface area contributed by atoms with Gasteiger partial charge in [-0.25, -0.2) is 13.1 Å². The lowest BCUT2D eigenvalue weighted by atomic mass is 9.89. The highest BCUT2D eigenvalue weighted by Gasteiger charge is 2.21. The smallest absolute Gasteiger partial charge is 0.240 e. The Morgan fingerprint density at radius 3 is 2.35 bits per heavy atom. The van der Waals surface area contributed by atoms with E-state index < -0.39 is 16.1 Å². The third-order valence-electron chi connectivity index (χ3n) is 2.98. The van der Waals surface area contributed by atoms with Crippen LogP contribution >= 0.6 is 0 Å². The van der Waals surface area contributed by atoms with E-state index in [2.05, 4.69) is 4.72 Å². The first-order valence-electron chi connectivity index (χ1n) is 6.76. The number of sulfonamides is 1. The van der Waals surface area contributed by atoms with Crippen LogP contribution in [0.2, 0.25) is 0 Å². The van der Waals surface area contributed by atoms with Gasteiger partial charge in [0.25, 0.3) is 0 Å². The Bertz CT molecular complexity index is 559. The number of aliphatic hydroxyl groups excluding tert-OH is 1. The molecule has 0 aliphatic heterocycles. The molecule has 0 bridgehead atoms. The molecule has 1 rings (SSSR count). The van der Waals surface area contributed by atoms with Crippen LogP contribution in [0.3, 0.4) is 0 Å². The summed E-state index contributed by atoms with van der Waals surface area (Å²) >= 11 is 0. The second-order valence-corrected chi connectivity index (χ2v) is 8.27. The molecule has 0 aliphatic rings. The summed E-state index contributed by atoms with van der Waals surface area (Å²) in [4.78, 5) is 0.269. The van der Waals surface area contributed by atoms with Gasteiger partial charge in [-0.05, 0) is 37.3 Å². The summed E-state index contributed by atoms with van der Waals surface area (Å²) < 4.78 is 26.9. The first-order valence-corrected chi connectivity index (χ1v) is 8.24. The quantitative estimate of drug-likeness (QED) is 0.877. The highest BCUT2D eigenvalue weighted by Crippen LogP contribution is 2.21. The number of benzene rings is 1. The predicted molar refractivity (Wildman–Crippen MR) is 81.2 cm³/mol. The fraction of sp³-hybridized carbons (Fsp3) is 0.600. The van der Waals surface area contributed by atoms with E-state index >= 15 is 0 Å². The van der Waals surface area contributed by atoms with Crippen molar-refractivity contribution in [2.45, 2.75) is 52.0 Å². The summed E-state index contributed by atoms with van der Waals surface area (Å²) in [6, 6.07) is 5.20. The van der Waals surface area contributed by atoms with Gasteiger partial charge in [-0.3, -0.25) is 0 Å². The number of aliphatic hydroxyl groups is 1. The van der Waals surface area contributed by atoms with Crippen molar-refractivity contribution in [3.05, 3.63) is 29.3 Å². The third kappa shape index (κ3) is 5.23. The second kappa shape index (κ2) is 6.24. The van der Waals surface area contributed by atoms with Crippen molar-refractivity contribution in [1.82, 2.24) is 4.72 Å². The Balaban J connectivity index is 2.76. The zero-order valence-corrected chi connectivity index (χ0v) is 13.7. The van der Waals surface area contributed by atoms with E-state index in [1.165, 1.54) is 0 Å². The van der Waals surface area contributed by atoms with Crippen LogP contribution in [-0.4, -0.2) is 26.2 Å². The Labute approximate surface area is 122 Å². The van der Waals surface area contributed by atoms with Gasteiger partial charge in [-0.2, -0.15) is 0 Å². The highest BCUT2D eigenvalue weighted by atomic mass is 32.2. The van der Waals surface area contributed by atoms with E-state index in [9.17, 15) is 13.5 Å². The van der Waals surface area contributed by atoms with Crippen LogP contribution in [0, 0.1) is 19.3 Å². The summed E-state index contributed by atoms with van der Waals surface area (Å²) in [5.41, 5.74) is 1.70. The van der Waals surface area contributed by atoms with Crippen LogP contribution in [0.15, 0.2) is 23.1 Å². The monoisotopic (exact) mass is 299 g/mol. The SMILES string of the molecule is Cc1ccc(S(=O)(=O)NCC(O)CC(C)(C)C)c(C)c1. The van der Waals surface area contributed by atoms with Crippen LogP contribution < -0.4 is 4.72 Å². The van der Waals surface area contributed by atoms with Crippen molar-refractivity contribution < 1.29 is 13.5 Å². The third-order valence-corrected chi connectivity index (χ3v) is 4.56. The largest absolute Gasteiger partial charge is 0.392 e. The van der Waals surface area contributed by atoms with Gasteiger partial charge >= 0.3 is 0 Å². The minimum atomic E-state index is -3.57. The van der Waals surface area contributed by atoms with E-state index in [0.717, 1.165) is 5.56 Å². The second-order valence-electron chi connectivity index (χ2n) is 6.54. The molecule has 0 fully saturated rings. The molecule has 2 N–H and O–H groups in total. The number of nitrogens with one attached hydrogen (secondary N) is 1. The molecule has 0 amide bonds. The van der Waals surface area contributed by atoms with Crippen LogP contribution in [0.1, 0.15) is 38.3 Å². The molecule has 0 saturated carbocycles. The lowest BCUT2D eigenvalue weighted by molar-refractivity contribution is 0.125. The van der Waals surface area contributed by atoms with E-state index in [1.807, 2.05) is 33.8 Å². The maximum atomic E-state index is 12.2. The van der Waals surface area contributed by atoms with Gasteiger partial charge in [0.2, 0.25) is 10.0 Å². The van der Waals surface area contributed by atoms with Crippen LogP contribution in [0.4, 0.5) is 0 Å². The molecule has 0 spiro atoms. The molecule has 0 aliphatic carbocycles. The zero-order chi connectivity index (χ0) is 15.6. The van der Waals surface area contributed by atoms with Gasteiger partial charge in [0.05, 0.1) is 11.0 Å². The van der Waals surface area contributed by atoms with Gasteiger partial charge in [0.15, 0.2) is 0 Å². The summed E-state index contributed by atoms with van der Waals surface area (Å²) in [6.07, 6.45) is -0.141. The molecule has 1 aromatic rings. The number of hydrogen-bond donors (Lipinski definition) is 2. The van der Waals surface area contributed by atoms with Gasteiger partial charge in [0.1, 0.15) is 0 Å². The van der Waals surface area contributed by atoms with Crippen LogP contribution in [0.25, 0.3) is 0 Å². The maximum absolute atomic E-state index is 12.2. The molecule has 0 aromatic heterocycles. The molecule has 114 valence electrons. The molecule has 1 atom stereocenters. The molecule has 0 saturated heterocycles. The highest BCUT2D eigenvalue weighted by molar-refractivity contribution is 7.89. The Morgan fingerprint density at radius 1 is 1.25 bits per heavy atom. The lowest BCUT2D eigenvalue weighted by Gasteiger charge is -2.22. The number of hydrogen-bond acceptors (Lipinski definition) is 3. The van der Waals surface area contributed by atoms with Crippen molar-refractivity contribution in [1.29, 1.82) is 0 Å². The van der Waals surface area contributed by atoms with Gasteiger partial charge < -0.3 is 5.11 Å². The molecular formula is C15H25NO3S. The topological polar surface area (TPSA) is 66.4 Å². The van der Waals surface area contributed by atoms with Crippen molar-refractivity contribution in [2.75, 3.05) is 6.54 Å². The molecule has 1 aromatic carbocycles. The Kier molecular flexibility index (Phi) is 5.35. The van der Waals surface area contributed by atoms with Gasteiger partial charge in [0, 0.05) is 6.54 Å². The fourth-order valence-corrected chi connectivity index (χ4v) is 3.46. The average Bonchev–Trinajstić information content (AvgIpc) is 2.23. The molecule has 0 heterocycles. The molecule has 1 unspecified atom stereocenters. The maximum Gasteiger partial charge on any atom is 0.240 e. The van der Waals surface area contributed by atoms with E-state index in [1.54, 1.807) is 19.1 Å². The van der Waals surface area contributed by atoms with E-state index in [4.69, 9.17) is 0 Å². The van der Waals surface area contributed by atoms with Crippen LogP contribution in [0.5, 0.6) is 0 Å². The van der Waals surface area contributed by atoms with E-state index in [-0.39, 0.29) is 16.9 Å². The van der Waals surface area contributed by atoms with E-state index in [0.29, 0.717) is 12.0 Å². The van der Waals surface area contributed by atoms with Crippen molar-refractivity contribution in [3.63, 3.8) is 0 Å². The summed E-state index contributed by atoms with van der Waals surface area (Å²) in [5, 5.41) is 9.88. The normalized spacial score (nSPS) is 14.3. The standard InChI is InChI=1S/C15H25NO3S/c1-11-6-7-14(12(2)8-11)20(18,19)16-10-13(17)9-15(3,4)5/h6-8,13,16-17H,9-10H2,1-5H3. The molecule has 5 heteroatoms. The van der Waals surface area contributed by atoms with Crippen molar-refractivity contribution in [3.8, 4) is 0 Å². The van der Waals surface area contributed by atoms with Crippen LogP contribution in [-0.2, 0) is 10.0 Å². The summed E-state index contributed by atoms with van der Waals surface area (Å²) in [5.74, 6) is 0. The minimum Gasteiger partial charge on any atom is -0.392 e. The Morgan fingerprint density at radius 2 is 1.85 bits per heavy atom. The predicted octanol–water partition coefficient (Wildman–Crippen LogP) is 2.38. The summed E-state index contributed by atoms with van der Waals surface area (Å²) in [6.45, 7) is 9.75. The molecular weight excluding hydrogens is 274 g/mol. The number of rotatable bonds is 5. The molecule has 20 heavy (non-hydrogen) atoms.